The third kappa shape index (κ3) is 2.31. The van der Waals surface area contributed by atoms with Gasteiger partial charge in [-0.1, -0.05) is 0 Å². The molecule has 1 aromatic rings. The van der Waals surface area contributed by atoms with Crippen LogP contribution in [0.2, 0.25) is 0 Å². The van der Waals surface area contributed by atoms with Gasteiger partial charge in [-0.2, -0.15) is 5.26 Å². The summed E-state index contributed by atoms with van der Waals surface area (Å²) in [5, 5.41) is 9.10. The minimum Gasteiger partial charge on any atom is -0.351 e. The number of hydrogen-bond acceptors (Lipinski definition) is 4. The lowest BCUT2D eigenvalue weighted by molar-refractivity contribution is 0.202. The highest BCUT2D eigenvalue weighted by Crippen LogP contribution is 2.28. The number of pyridine rings is 1. The summed E-state index contributed by atoms with van der Waals surface area (Å²) in [6.45, 7) is 7.61. The van der Waals surface area contributed by atoms with Crippen LogP contribution in [0.1, 0.15) is 31.0 Å². The lowest BCUT2D eigenvalue weighted by Crippen LogP contribution is -2.55. The number of anilines is 1. The zero-order valence-corrected chi connectivity index (χ0v) is 11.6. The van der Waals surface area contributed by atoms with Crippen molar-refractivity contribution in [2.45, 2.75) is 38.8 Å². The van der Waals surface area contributed by atoms with E-state index in [1.54, 1.807) is 0 Å². The van der Waals surface area contributed by atoms with Crippen molar-refractivity contribution in [2.24, 2.45) is 0 Å². The fraction of sp³-hybridized carbons (Fsp3) is 0.600. The van der Waals surface area contributed by atoms with Gasteiger partial charge < -0.3 is 4.90 Å². The quantitative estimate of drug-likeness (QED) is 0.770. The number of fused-ring (bicyclic) bond motifs is 1. The van der Waals surface area contributed by atoms with Crippen molar-refractivity contribution in [2.75, 3.05) is 24.5 Å². The molecular formula is C15H20N4. The molecule has 4 heteroatoms. The van der Waals surface area contributed by atoms with Crippen LogP contribution >= 0.6 is 0 Å². The maximum Gasteiger partial charge on any atom is 0.130 e. The highest BCUT2D eigenvalue weighted by Gasteiger charge is 2.34. The second-order valence-corrected chi connectivity index (χ2v) is 5.76. The van der Waals surface area contributed by atoms with E-state index in [0.717, 1.165) is 24.6 Å². The Morgan fingerprint density at radius 2 is 2.21 bits per heavy atom. The number of hydrogen-bond donors (Lipinski definition) is 0. The molecule has 4 nitrogen and oxygen atoms in total. The smallest absolute Gasteiger partial charge is 0.130 e. The van der Waals surface area contributed by atoms with E-state index in [4.69, 9.17) is 5.26 Å². The number of piperazine rings is 1. The van der Waals surface area contributed by atoms with Gasteiger partial charge >= 0.3 is 0 Å². The average Bonchev–Trinajstić information content (AvgIpc) is 2.84. The molecule has 3 rings (SSSR count). The number of aryl methyl sites for hydroxylation is 1. The standard InChI is InChI=1S/C15H20N4/c1-11-6-13(8-16)7-15(17-11)19-10-14-4-3-5-18(14)9-12(19)2/h6-7,12,14H,3-5,9-10H2,1-2H3. The van der Waals surface area contributed by atoms with E-state index >= 15 is 0 Å². The van der Waals surface area contributed by atoms with E-state index in [0.29, 0.717) is 17.6 Å². The van der Waals surface area contributed by atoms with Crippen LogP contribution in [0.5, 0.6) is 0 Å². The summed E-state index contributed by atoms with van der Waals surface area (Å²) in [4.78, 5) is 9.60. The molecule has 0 saturated carbocycles. The molecular weight excluding hydrogens is 236 g/mol. The van der Waals surface area contributed by atoms with Crippen molar-refractivity contribution in [1.82, 2.24) is 9.88 Å². The summed E-state index contributed by atoms with van der Waals surface area (Å²) in [7, 11) is 0. The zero-order chi connectivity index (χ0) is 13.4. The molecule has 100 valence electrons. The van der Waals surface area contributed by atoms with Gasteiger partial charge in [-0.25, -0.2) is 4.98 Å². The maximum atomic E-state index is 9.10. The average molecular weight is 256 g/mol. The Morgan fingerprint density at radius 1 is 1.37 bits per heavy atom. The van der Waals surface area contributed by atoms with Crippen LogP contribution in [0, 0.1) is 18.3 Å². The minimum absolute atomic E-state index is 0.468. The van der Waals surface area contributed by atoms with E-state index in [2.05, 4.69) is 27.8 Å². The molecule has 2 unspecified atom stereocenters. The highest BCUT2D eigenvalue weighted by atomic mass is 15.3. The van der Waals surface area contributed by atoms with E-state index in [9.17, 15) is 0 Å². The van der Waals surface area contributed by atoms with Crippen molar-refractivity contribution in [3.05, 3.63) is 23.4 Å². The van der Waals surface area contributed by atoms with Crippen LogP contribution in [0.15, 0.2) is 12.1 Å². The maximum absolute atomic E-state index is 9.10. The third-order valence-corrected chi connectivity index (χ3v) is 4.30. The molecule has 2 aliphatic rings. The molecule has 0 N–H and O–H groups in total. The molecule has 2 fully saturated rings. The SMILES string of the molecule is Cc1cc(C#N)cc(N2CC3CCCN3CC2C)n1. The van der Waals surface area contributed by atoms with Gasteiger partial charge in [-0.15, -0.1) is 0 Å². The molecule has 2 aliphatic heterocycles. The Bertz CT molecular complexity index is 519. The second-order valence-electron chi connectivity index (χ2n) is 5.76. The largest absolute Gasteiger partial charge is 0.351 e. The van der Waals surface area contributed by atoms with Crippen molar-refractivity contribution < 1.29 is 0 Å². The van der Waals surface area contributed by atoms with Gasteiger partial charge in [0, 0.05) is 30.9 Å². The van der Waals surface area contributed by atoms with Crippen LogP contribution < -0.4 is 4.90 Å². The predicted octanol–water partition coefficient (Wildman–Crippen LogP) is 1.93. The normalized spacial score (nSPS) is 27.1. The molecule has 2 saturated heterocycles. The summed E-state index contributed by atoms with van der Waals surface area (Å²) < 4.78 is 0. The second kappa shape index (κ2) is 4.82. The molecule has 0 amide bonds. The molecule has 0 radical (unpaired) electrons. The fourth-order valence-electron chi connectivity index (χ4n) is 3.37. The molecule has 2 atom stereocenters. The summed E-state index contributed by atoms with van der Waals surface area (Å²) in [5.74, 6) is 0.968. The number of aromatic nitrogens is 1. The monoisotopic (exact) mass is 256 g/mol. The predicted molar refractivity (Wildman–Crippen MR) is 75.1 cm³/mol. The lowest BCUT2D eigenvalue weighted by atomic mass is 10.1. The molecule has 19 heavy (non-hydrogen) atoms. The van der Waals surface area contributed by atoms with Crippen LogP contribution in [0.25, 0.3) is 0 Å². The number of nitrogens with zero attached hydrogens (tertiary/aromatic N) is 4. The molecule has 0 aromatic carbocycles. The Morgan fingerprint density at radius 3 is 3.00 bits per heavy atom. The lowest BCUT2D eigenvalue weighted by Gasteiger charge is -2.43. The Labute approximate surface area is 114 Å². The van der Waals surface area contributed by atoms with Crippen molar-refractivity contribution in [1.29, 1.82) is 5.26 Å². The van der Waals surface area contributed by atoms with E-state index in [1.807, 2.05) is 19.1 Å². The summed E-state index contributed by atoms with van der Waals surface area (Å²) in [5.41, 5.74) is 1.64. The minimum atomic E-state index is 0.468. The van der Waals surface area contributed by atoms with Gasteiger partial charge in [-0.05, 0) is 45.4 Å². The molecule has 1 aromatic heterocycles. The third-order valence-electron chi connectivity index (χ3n) is 4.30. The van der Waals surface area contributed by atoms with Crippen molar-refractivity contribution in [3.8, 4) is 6.07 Å². The number of nitriles is 1. The first-order valence-electron chi connectivity index (χ1n) is 7.07. The Hall–Kier alpha value is -1.60. The summed E-state index contributed by atoms with van der Waals surface area (Å²) in [6, 6.07) is 7.14. The van der Waals surface area contributed by atoms with E-state index in [1.165, 1.54) is 19.4 Å². The van der Waals surface area contributed by atoms with E-state index < -0.39 is 0 Å². The van der Waals surface area contributed by atoms with Crippen molar-refractivity contribution >= 4 is 5.82 Å². The number of rotatable bonds is 1. The Kier molecular flexibility index (Phi) is 3.16. The van der Waals surface area contributed by atoms with Gasteiger partial charge in [0.05, 0.1) is 11.6 Å². The first-order chi connectivity index (χ1) is 9.17. The van der Waals surface area contributed by atoms with Gasteiger partial charge in [-0.3, -0.25) is 4.90 Å². The van der Waals surface area contributed by atoms with Gasteiger partial charge in [0.1, 0.15) is 5.82 Å². The molecule has 0 aliphatic carbocycles. The van der Waals surface area contributed by atoms with Gasteiger partial charge in [0.15, 0.2) is 0 Å². The van der Waals surface area contributed by atoms with Crippen LogP contribution in [0.3, 0.4) is 0 Å². The Balaban J connectivity index is 1.89. The van der Waals surface area contributed by atoms with Gasteiger partial charge in [0.25, 0.3) is 0 Å². The summed E-state index contributed by atoms with van der Waals surface area (Å²) in [6.07, 6.45) is 2.61. The van der Waals surface area contributed by atoms with Gasteiger partial charge in [0.2, 0.25) is 0 Å². The molecule has 3 heterocycles. The highest BCUT2D eigenvalue weighted by molar-refractivity contribution is 5.48. The van der Waals surface area contributed by atoms with Crippen molar-refractivity contribution in [3.63, 3.8) is 0 Å². The first kappa shape index (κ1) is 12.4. The summed E-state index contributed by atoms with van der Waals surface area (Å²) >= 11 is 0. The molecule has 0 bridgehead atoms. The van der Waals surface area contributed by atoms with Crippen LogP contribution in [-0.4, -0.2) is 41.6 Å². The first-order valence-corrected chi connectivity index (χ1v) is 7.07. The molecule has 0 spiro atoms. The zero-order valence-electron chi connectivity index (χ0n) is 11.6. The van der Waals surface area contributed by atoms with Crippen LogP contribution in [-0.2, 0) is 0 Å². The van der Waals surface area contributed by atoms with E-state index in [-0.39, 0.29) is 0 Å². The topological polar surface area (TPSA) is 43.2 Å². The fourth-order valence-corrected chi connectivity index (χ4v) is 3.37. The van der Waals surface area contributed by atoms with Crippen LogP contribution in [0.4, 0.5) is 5.82 Å².